The van der Waals surface area contributed by atoms with Gasteiger partial charge in [-0.05, 0) is 25.7 Å². The van der Waals surface area contributed by atoms with E-state index in [-0.39, 0.29) is 113 Å². The zero-order chi connectivity index (χ0) is 40.6. The summed E-state index contributed by atoms with van der Waals surface area (Å²) in [6.07, 6.45) is 29.1. The maximum absolute atomic E-state index is 10.4. The Kier molecular flexibility index (Phi) is 66.8. The molecule has 0 aliphatic carbocycles. The first-order chi connectivity index (χ1) is 24.2. The van der Waals surface area contributed by atoms with E-state index < -0.39 is 40.8 Å². The fourth-order valence-electron chi connectivity index (χ4n) is 4.77. The molecular formula is C35H81Na3O13S4. The summed E-state index contributed by atoms with van der Waals surface area (Å²) in [4.78, 5) is 0. The Labute approximate surface area is 405 Å². The van der Waals surface area contributed by atoms with Crippen LogP contribution < -0.4 is 0 Å². The maximum atomic E-state index is 10.4. The van der Waals surface area contributed by atoms with Crippen LogP contribution in [0.4, 0.5) is 0 Å². The SMILES string of the molecule is CCCCCCCCCCCCOS(=O)(=O)O.CCCCCCCCCCS(=O)(=O)O.CCCCCCCS(=O)(=O)O.CCCCCCS(=O)(=O)O.[NaH].[NaH].[NaH]. The van der Waals surface area contributed by atoms with E-state index in [0.717, 1.165) is 70.6 Å². The third-order valence-electron chi connectivity index (χ3n) is 7.75. The molecule has 0 aromatic heterocycles. The van der Waals surface area contributed by atoms with Crippen LogP contribution in [-0.2, 0) is 44.9 Å². The zero-order valence-corrected chi connectivity index (χ0v) is 36.3. The van der Waals surface area contributed by atoms with Gasteiger partial charge in [-0.3, -0.25) is 18.2 Å². The predicted octanol–water partition coefficient (Wildman–Crippen LogP) is 8.10. The molecule has 0 unspecified atom stereocenters. The molecule has 20 heteroatoms. The summed E-state index contributed by atoms with van der Waals surface area (Å²) in [7, 11) is -15.4. The third-order valence-corrected chi connectivity index (χ3v) is 10.6. The standard InChI is InChI=1S/C12H26O4S.C10H22O3S.C7H16O3S.C6H14O3S.3Na.3H/c1-2-3-4-5-6-7-8-9-10-11-12-16-17(13,14)15;1-2-3-4-5-6-7-8-9-10-14(11,12)13;1-2-3-4-5-6-7-11(8,9)10;1-2-3-4-5-6-10(7,8)9;;;;;;/h2-12H2,1H3,(H,13,14,15);2-10H2,1H3,(H,11,12,13);2-7H2,1H3,(H,8,9,10);2-6H2,1H3,(H,7,8,9);;;;;;. The van der Waals surface area contributed by atoms with Crippen LogP contribution in [-0.4, -0.2) is 164 Å². The Morgan fingerprint density at radius 3 is 0.691 bits per heavy atom. The van der Waals surface area contributed by atoms with Crippen molar-refractivity contribution in [2.45, 2.75) is 201 Å². The Morgan fingerprint density at radius 1 is 0.309 bits per heavy atom. The van der Waals surface area contributed by atoms with Gasteiger partial charge in [0.05, 0.1) is 23.9 Å². The zero-order valence-electron chi connectivity index (χ0n) is 33.0. The van der Waals surface area contributed by atoms with E-state index >= 15 is 0 Å². The number of unbranched alkanes of at least 4 members (excludes halogenated alkanes) is 23. The van der Waals surface area contributed by atoms with Crippen molar-refractivity contribution in [1.29, 1.82) is 0 Å². The second-order valence-corrected chi connectivity index (χ2v) is 19.0. The molecule has 0 heterocycles. The van der Waals surface area contributed by atoms with E-state index in [1.54, 1.807) is 0 Å². The summed E-state index contributed by atoms with van der Waals surface area (Å²) in [6.45, 7) is 8.65. The molecule has 0 saturated heterocycles. The van der Waals surface area contributed by atoms with E-state index in [9.17, 15) is 33.7 Å². The molecule has 0 saturated carbocycles. The molecule has 326 valence electrons. The van der Waals surface area contributed by atoms with Crippen molar-refractivity contribution < 1.29 is 56.1 Å². The van der Waals surface area contributed by atoms with Gasteiger partial charge in [0.25, 0.3) is 30.4 Å². The van der Waals surface area contributed by atoms with E-state index in [1.165, 1.54) is 77.0 Å². The topological polar surface area (TPSA) is 227 Å². The normalized spacial score (nSPS) is 11.2. The minimum atomic E-state index is -4.23. The molecule has 4 N–H and O–H groups in total. The van der Waals surface area contributed by atoms with Crippen molar-refractivity contribution in [3.05, 3.63) is 0 Å². The first kappa shape index (κ1) is 72.1. The number of hydrogen-bond acceptors (Lipinski definition) is 9. The fraction of sp³-hybridized carbons (Fsp3) is 1.00. The summed E-state index contributed by atoms with van der Waals surface area (Å²) in [6, 6.07) is 0. The van der Waals surface area contributed by atoms with Crippen molar-refractivity contribution in [1.82, 2.24) is 0 Å². The van der Waals surface area contributed by atoms with Gasteiger partial charge < -0.3 is 0 Å². The van der Waals surface area contributed by atoms with Gasteiger partial charge in [0.1, 0.15) is 0 Å². The predicted molar refractivity (Wildman–Crippen MR) is 236 cm³/mol. The molecule has 0 amide bonds. The van der Waals surface area contributed by atoms with Crippen LogP contribution >= 0.6 is 0 Å². The molecule has 0 bridgehead atoms. The van der Waals surface area contributed by atoms with Gasteiger partial charge in [0.2, 0.25) is 0 Å². The van der Waals surface area contributed by atoms with Crippen LogP contribution in [0.1, 0.15) is 201 Å². The fourth-order valence-corrected chi connectivity index (χ4v) is 6.81. The molecule has 0 radical (unpaired) electrons. The molecule has 0 aromatic rings. The average Bonchev–Trinajstić information content (AvgIpc) is 3.02. The van der Waals surface area contributed by atoms with E-state index in [1.807, 2.05) is 6.92 Å². The van der Waals surface area contributed by atoms with E-state index in [2.05, 4.69) is 25.0 Å². The summed E-state index contributed by atoms with van der Waals surface area (Å²) >= 11 is 0. The van der Waals surface area contributed by atoms with Crippen LogP contribution in [0.2, 0.25) is 0 Å². The summed E-state index contributed by atoms with van der Waals surface area (Å²) < 4.78 is 120. The van der Waals surface area contributed by atoms with Gasteiger partial charge in [-0.2, -0.15) is 33.7 Å². The van der Waals surface area contributed by atoms with E-state index in [0.29, 0.717) is 25.7 Å². The van der Waals surface area contributed by atoms with Crippen molar-refractivity contribution in [2.75, 3.05) is 23.9 Å². The molecule has 0 rings (SSSR count). The summed E-state index contributed by atoms with van der Waals surface area (Å²) in [5.74, 6) is -0.258. The van der Waals surface area contributed by atoms with E-state index in [4.69, 9.17) is 18.2 Å². The Hall–Kier alpha value is 2.60. The van der Waals surface area contributed by atoms with Gasteiger partial charge >= 0.3 is 99.1 Å². The van der Waals surface area contributed by atoms with Crippen LogP contribution in [0, 0.1) is 0 Å². The quantitative estimate of drug-likeness (QED) is 0.0285. The van der Waals surface area contributed by atoms with Crippen LogP contribution in [0.25, 0.3) is 0 Å². The molecule has 0 aromatic carbocycles. The molecule has 0 fully saturated rings. The number of rotatable bonds is 32. The van der Waals surface area contributed by atoms with Crippen molar-refractivity contribution >= 4 is 129 Å². The van der Waals surface area contributed by atoms with Gasteiger partial charge in [0, 0.05) is 0 Å². The molecule has 55 heavy (non-hydrogen) atoms. The number of hydrogen-bond donors (Lipinski definition) is 4. The third kappa shape index (κ3) is 93.0. The summed E-state index contributed by atoms with van der Waals surface area (Å²) in [5.41, 5.74) is 0. The Morgan fingerprint density at radius 2 is 0.491 bits per heavy atom. The van der Waals surface area contributed by atoms with Gasteiger partial charge in [-0.1, -0.05) is 175 Å². The van der Waals surface area contributed by atoms with Crippen LogP contribution in [0.3, 0.4) is 0 Å². The van der Waals surface area contributed by atoms with Crippen molar-refractivity contribution in [3.63, 3.8) is 0 Å². The monoisotopic (exact) mass is 906 g/mol. The van der Waals surface area contributed by atoms with Crippen molar-refractivity contribution in [3.8, 4) is 0 Å². The molecular weight excluding hydrogens is 826 g/mol. The first-order valence-corrected chi connectivity index (χ1v) is 25.9. The molecule has 0 spiro atoms. The van der Waals surface area contributed by atoms with Crippen LogP contribution in [0.5, 0.6) is 0 Å². The Balaban J connectivity index is -0.000000112. The second-order valence-electron chi connectivity index (χ2n) is 13.2. The molecule has 0 aliphatic rings. The van der Waals surface area contributed by atoms with Crippen molar-refractivity contribution in [2.24, 2.45) is 0 Å². The molecule has 13 nitrogen and oxygen atoms in total. The van der Waals surface area contributed by atoms with Crippen LogP contribution in [0.15, 0.2) is 0 Å². The second kappa shape index (κ2) is 51.0. The molecule has 0 atom stereocenters. The Bertz CT molecular complexity index is 1170. The summed E-state index contributed by atoms with van der Waals surface area (Å²) in [5, 5.41) is 0. The average molecular weight is 907 g/mol. The molecule has 0 aliphatic heterocycles. The minimum absolute atomic E-state index is 0. The first-order valence-electron chi connectivity index (χ1n) is 19.7. The van der Waals surface area contributed by atoms with Gasteiger partial charge in [-0.25, -0.2) is 4.18 Å². The van der Waals surface area contributed by atoms with Gasteiger partial charge in [0.15, 0.2) is 0 Å². The van der Waals surface area contributed by atoms with Gasteiger partial charge in [-0.15, -0.1) is 0 Å².